The van der Waals surface area contributed by atoms with Crippen LogP contribution in [0.3, 0.4) is 0 Å². The zero-order valence-corrected chi connectivity index (χ0v) is 11.2. The Morgan fingerprint density at radius 2 is 2.42 bits per heavy atom. The van der Waals surface area contributed by atoms with Crippen LogP contribution in [-0.4, -0.2) is 29.2 Å². The summed E-state index contributed by atoms with van der Waals surface area (Å²) >= 11 is 0. The number of aromatic nitrogens is 1. The number of anilines is 1. The third kappa shape index (κ3) is 3.20. The van der Waals surface area contributed by atoms with Crippen molar-refractivity contribution in [3.63, 3.8) is 0 Å². The smallest absolute Gasteiger partial charge is 0.310 e. The van der Waals surface area contributed by atoms with Gasteiger partial charge in [0.15, 0.2) is 0 Å². The van der Waals surface area contributed by atoms with Gasteiger partial charge in [0, 0.05) is 25.3 Å². The highest BCUT2D eigenvalue weighted by molar-refractivity contribution is 5.59. The van der Waals surface area contributed by atoms with Gasteiger partial charge in [-0.2, -0.15) is 0 Å². The summed E-state index contributed by atoms with van der Waals surface area (Å²) in [6.45, 7) is 5.73. The van der Waals surface area contributed by atoms with Crippen molar-refractivity contribution >= 4 is 11.4 Å². The van der Waals surface area contributed by atoms with E-state index in [9.17, 15) is 10.1 Å². The Labute approximate surface area is 112 Å². The Kier molecular flexibility index (Phi) is 4.31. The maximum atomic E-state index is 10.9. The first kappa shape index (κ1) is 13.7. The molecule has 0 radical (unpaired) electrons. The zero-order valence-electron chi connectivity index (χ0n) is 11.2. The summed E-state index contributed by atoms with van der Waals surface area (Å²) in [5.74, 6) is 0.856. The molecule has 0 aliphatic carbocycles. The Hall–Kier alpha value is -1.69. The van der Waals surface area contributed by atoms with Crippen LogP contribution in [0.25, 0.3) is 0 Å². The summed E-state index contributed by atoms with van der Waals surface area (Å²) in [4.78, 5) is 14.3. The van der Waals surface area contributed by atoms with Crippen molar-refractivity contribution in [1.82, 2.24) is 4.98 Å². The Morgan fingerprint density at radius 3 is 3.11 bits per heavy atom. The minimum Gasteiger partial charge on any atom is -0.379 e. The molecule has 1 saturated heterocycles. The molecule has 0 unspecified atom stereocenters. The topological polar surface area (TPSA) is 77.3 Å². The van der Waals surface area contributed by atoms with E-state index in [1.807, 2.05) is 0 Å². The quantitative estimate of drug-likeness (QED) is 0.653. The predicted molar refractivity (Wildman–Crippen MR) is 72.1 cm³/mol. The van der Waals surface area contributed by atoms with E-state index in [-0.39, 0.29) is 11.8 Å². The van der Waals surface area contributed by atoms with E-state index in [1.165, 1.54) is 6.20 Å². The van der Waals surface area contributed by atoms with Gasteiger partial charge < -0.3 is 10.1 Å². The second-order valence-electron chi connectivity index (χ2n) is 5.16. The first-order valence-corrected chi connectivity index (χ1v) is 6.53. The molecule has 0 aromatic carbocycles. The first-order valence-electron chi connectivity index (χ1n) is 6.53. The first-order chi connectivity index (χ1) is 9.09. The number of nitro groups is 1. The third-order valence-electron chi connectivity index (χ3n) is 3.47. The van der Waals surface area contributed by atoms with Crippen LogP contribution in [0, 0.1) is 22.0 Å². The van der Waals surface area contributed by atoms with Crippen LogP contribution in [0.15, 0.2) is 18.5 Å². The zero-order chi connectivity index (χ0) is 13.8. The van der Waals surface area contributed by atoms with Crippen molar-refractivity contribution in [3.8, 4) is 0 Å². The van der Waals surface area contributed by atoms with Crippen molar-refractivity contribution in [2.24, 2.45) is 11.8 Å². The summed E-state index contributed by atoms with van der Waals surface area (Å²) in [6, 6.07) is 1.64. The maximum absolute atomic E-state index is 10.9. The van der Waals surface area contributed by atoms with Crippen LogP contribution in [-0.2, 0) is 4.74 Å². The summed E-state index contributed by atoms with van der Waals surface area (Å²) < 4.78 is 5.71. The van der Waals surface area contributed by atoms with E-state index in [0.717, 1.165) is 13.0 Å². The number of ether oxygens (including phenoxy) is 1. The summed E-state index contributed by atoms with van der Waals surface area (Å²) in [6.07, 6.45) is 4.05. The molecule has 1 fully saturated rings. The molecule has 1 aliphatic rings. The van der Waals surface area contributed by atoms with Gasteiger partial charge in [0.1, 0.15) is 11.9 Å². The molecule has 19 heavy (non-hydrogen) atoms. The molecule has 1 aromatic heterocycles. The Bertz CT molecular complexity index is 451. The van der Waals surface area contributed by atoms with Crippen LogP contribution in [0.2, 0.25) is 0 Å². The van der Waals surface area contributed by atoms with Crippen LogP contribution in [0.5, 0.6) is 0 Å². The molecule has 2 heterocycles. The van der Waals surface area contributed by atoms with Gasteiger partial charge >= 0.3 is 5.69 Å². The number of nitrogens with zero attached hydrogens (tertiary/aromatic N) is 2. The number of nitrogens with one attached hydrogen (secondary N) is 1. The Morgan fingerprint density at radius 1 is 1.63 bits per heavy atom. The average molecular weight is 265 g/mol. The SMILES string of the molecule is CC(C)[C@@H]1OCC[C@@H]1CNc1ccncc1[N+](=O)[O-]. The van der Waals surface area contributed by atoms with Crippen molar-refractivity contribution in [2.75, 3.05) is 18.5 Å². The van der Waals surface area contributed by atoms with Crippen LogP contribution in [0.1, 0.15) is 20.3 Å². The number of hydrogen-bond donors (Lipinski definition) is 1. The summed E-state index contributed by atoms with van der Waals surface area (Å²) in [5.41, 5.74) is 0.539. The van der Waals surface area contributed by atoms with E-state index in [4.69, 9.17) is 4.74 Å². The number of rotatable bonds is 5. The van der Waals surface area contributed by atoms with Gasteiger partial charge in [-0.3, -0.25) is 15.1 Å². The lowest BCUT2D eigenvalue weighted by Crippen LogP contribution is -2.28. The predicted octanol–water partition coefficient (Wildman–Crippen LogP) is 2.46. The molecule has 0 amide bonds. The van der Waals surface area contributed by atoms with Gasteiger partial charge in [0.2, 0.25) is 0 Å². The lowest BCUT2D eigenvalue weighted by Gasteiger charge is -2.22. The molecule has 1 aliphatic heterocycles. The minimum absolute atomic E-state index is 0.0162. The molecular weight excluding hydrogens is 246 g/mol. The van der Waals surface area contributed by atoms with Crippen LogP contribution >= 0.6 is 0 Å². The normalized spacial score (nSPS) is 22.7. The van der Waals surface area contributed by atoms with Crippen molar-refractivity contribution in [1.29, 1.82) is 0 Å². The maximum Gasteiger partial charge on any atom is 0.310 e. The highest BCUT2D eigenvalue weighted by Crippen LogP contribution is 2.28. The minimum atomic E-state index is -0.416. The largest absolute Gasteiger partial charge is 0.379 e. The average Bonchev–Trinajstić information content (AvgIpc) is 2.85. The molecule has 0 bridgehead atoms. The fraction of sp³-hybridized carbons (Fsp3) is 0.615. The van der Waals surface area contributed by atoms with E-state index in [2.05, 4.69) is 24.1 Å². The molecule has 1 N–H and O–H groups in total. The fourth-order valence-corrected chi connectivity index (χ4v) is 2.53. The monoisotopic (exact) mass is 265 g/mol. The fourth-order valence-electron chi connectivity index (χ4n) is 2.53. The highest BCUT2D eigenvalue weighted by atomic mass is 16.6. The standard InChI is InChI=1S/C13H19N3O3/c1-9(2)13-10(4-6-19-13)7-15-11-3-5-14-8-12(11)16(17)18/h3,5,8-10,13H,4,6-7H2,1-2H3,(H,14,15)/t10-,13+/m1/s1. The molecule has 6 nitrogen and oxygen atoms in total. The van der Waals surface area contributed by atoms with Crippen LogP contribution < -0.4 is 5.32 Å². The van der Waals surface area contributed by atoms with Gasteiger partial charge in [0.25, 0.3) is 0 Å². The van der Waals surface area contributed by atoms with Gasteiger partial charge in [-0.05, 0) is 18.4 Å². The number of pyridine rings is 1. The molecule has 0 saturated carbocycles. The van der Waals surface area contributed by atoms with E-state index in [1.54, 1.807) is 12.3 Å². The van der Waals surface area contributed by atoms with Gasteiger partial charge in [-0.25, -0.2) is 0 Å². The molecular formula is C13H19N3O3. The molecule has 1 aromatic rings. The van der Waals surface area contributed by atoms with E-state index >= 15 is 0 Å². The lowest BCUT2D eigenvalue weighted by atomic mass is 9.93. The summed E-state index contributed by atoms with van der Waals surface area (Å²) in [5, 5.41) is 14.1. The highest BCUT2D eigenvalue weighted by Gasteiger charge is 2.30. The lowest BCUT2D eigenvalue weighted by molar-refractivity contribution is -0.384. The van der Waals surface area contributed by atoms with Gasteiger partial charge in [0.05, 0.1) is 11.0 Å². The molecule has 2 atom stereocenters. The van der Waals surface area contributed by atoms with E-state index in [0.29, 0.717) is 24.1 Å². The molecule has 0 spiro atoms. The van der Waals surface area contributed by atoms with Crippen molar-refractivity contribution in [3.05, 3.63) is 28.6 Å². The summed E-state index contributed by atoms with van der Waals surface area (Å²) in [7, 11) is 0. The van der Waals surface area contributed by atoms with Gasteiger partial charge in [-0.1, -0.05) is 13.8 Å². The molecule has 2 rings (SSSR count). The second kappa shape index (κ2) is 5.97. The van der Waals surface area contributed by atoms with Crippen LogP contribution in [0.4, 0.5) is 11.4 Å². The van der Waals surface area contributed by atoms with Crippen molar-refractivity contribution in [2.45, 2.75) is 26.4 Å². The Balaban J connectivity index is 2.01. The number of hydrogen-bond acceptors (Lipinski definition) is 5. The molecule has 104 valence electrons. The molecule has 6 heteroatoms. The van der Waals surface area contributed by atoms with E-state index < -0.39 is 4.92 Å². The third-order valence-corrected chi connectivity index (χ3v) is 3.47. The van der Waals surface area contributed by atoms with Gasteiger partial charge in [-0.15, -0.1) is 0 Å². The second-order valence-corrected chi connectivity index (χ2v) is 5.16. The van der Waals surface area contributed by atoms with Crippen molar-refractivity contribution < 1.29 is 9.66 Å².